The molecular weight excluding hydrogens is 224 g/mol. The maximum absolute atomic E-state index is 4.38. The minimum Gasteiger partial charge on any atom is -0.312 e. The summed E-state index contributed by atoms with van der Waals surface area (Å²) in [4.78, 5) is 1.59. The van der Waals surface area contributed by atoms with Gasteiger partial charge in [-0.15, -0.1) is 0 Å². The van der Waals surface area contributed by atoms with Crippen LogP contribution >= 0.6 is 23.3 Å². The van der Waals surface area contributed by atoms with E-state index in [-0.39, 0.29) is 0 Å². The Morgan fingerprint density at radius 1 is 1.33 bits per heavy atom. The smallest absolute Gasteiger partial charge is 0.0455 e. The Kier molecular flexibility index (Phi) is 2.75. The van der Waals surface area contributed by atoms with E-state index in [1.807, 2.05) is 0 Å². The van der Waals surface area contributed by atoms with E-state index in [9.17, 15) is 0 Å². The molecule has 3 heterocycles. The third-order valence-corrected chi connectivity index (χ3v) is 5.73. The number of nitrogens with zero attached hydrogens (tertiary/aromatic N) is 1. The first kappa shape index (κ1) is 10.1. The highest BCUT2D eigenvalue weighted by atomic mass is 32.2. The summed E-state index contributed by atoms with van der Waals surface area (Å²) in [5.74, 6) is 2.66. The highest BCUT2D eigenvalue weighted by molar-refractivity contribution is 7.99. The number of rotatable bonds is 0. The summed E-state index contributed by atoms with van der Waals surface area (Å²) in [6.07, 6.45) is 6.11. The first-order valence-corrected chi connectivity index (χ1v) is 7.56. The van der Waals surface area contributed by atoms with Crippen molar-refractivity contribution in [2.24, 2.45) is 0 Å². The van der Waals surface area contributed by atoms with E-state index in [1.54, 1.807) is 16.4 Å². The molecule has 1 atom stereocenters. The molecular formula is C11H16N2S2. The second-order valence-corrected chi connectivity index (χ2v) is 6.56. The van der Waals surface area contributed by atoms with E-state index < -0.39 is 0 Å². The van der Waals surface area contributed by atoms with Crippen molar-refractivity contribution < 1.29 is 0 Å². The van der Waals surface area contributed by atoms with Gasteiger partial charge in [-0.3, -0.25) is 0 Å². The summed E-state index contributed by atoms with van der Waals surface area (Å²) in [7, 11) is 0. The van der Waals surface area contributed by atoms with E-state index >= 15 is 0 Å². The SMILES string of the molecule is c1nsc2c1CNCC21CCCSCC1. The number of hydrogen-bond acceptors (Lipinski definition) is 4. The molecule has 0 bridgehead atoms. The Morgan fingerprint density at radius 3 is 3.33 bits per heavy atom. The molecule has 15 heavy (non-hydrogen) atoms. The van der Waals surface area contributed by atoms with E-state index in [4.69, 9.17) is 0 Å². The second-order valence-electron chi connectivity index (χ2n) is 4.53. The average Bonchev–Trinajstić information content (AvgIpc) is 2.62. The predicted octanol–water partition coefficient (Wildman–Crippen LogP) is 2.40. The van der Waals surface area contributed by atoms with Crippen molar-refractivity contribution in [2.75, 3.05) is 18.1 Å². The van der Waals surface area contributed by atoms with Crippen molar-refractivity contribution in [3.05, 3.63) is 16.6 Å². The molecule has 1 spiro atoms. The van der Waals surface area contributed by atoms with Crippen LogP contribution in [0.5, 0.6) is 0 Å². The summed E-state index contributed by atoms with van der Waals surface area (Å²) in [5, 5.41) is 3.57. The molecule has 1 unspecified atom stereocenters. The minimum absolute atomic E-state index is 0.429. The molecule has 0 radical (unpaired) electrons. The Labute approximate surface area is 99.0 Å². The van der Waals surface area contributed by atoms with Crippen molar-refractivity contribution in [1.82, 2.24) is 9.69 Å². The molecule has 1 saturated heterocycles. The predicted molar refractivity (Wildman–Crippen MR) is 66.7 cm³/mol. The van der Waals surface area contributed by atoms with Gasteiger partial charge >= 0.3 is 0 Å². The topological polar surface area (TPSA) is 24.9 Å². The summed E-state index contributed by atoms with van der Waals surface area (Å²) in [6.45, 7) is 2.20. The lowest BCUT2D eigenvalue weighted by atomic mass is 9.76. The first-order valence-electron chi connectivity index (χ1n) is 5.63. The van der Waals surface area contributed by atoms with Crippen LogP contribution in [0.25, 0.3) is 0 Å². The summed E-state index contributed by atoms with van der Waals surface area (Å²) >= 11 is 3.86. The van der Waals surface area contributed by atoms with Gasteiger partial charge in [0.2, 0.25) is 0 Å². The molecule has 1 aromatic rings. The summed E-state index contributed by atoms with van der Waals surface area (Å²) in [6, 6.07) is 0. The summed E-state index contributed by atoms with van der Waals surface area (Å²) in [5.41, 5.74) is 1.89. The quantitative estimate of drug-likeness (QED) is 0.754. The summed E-state index contributed by atoms with van der Waals surface area (Å²) < 4.78 is 4.38. The monoisotopic (exact) mass is 240 g/mol. The second kappa shape index (κ2) is 4.07. The molecule has 2 aliphatic heterocycles. The highest BCUT2D eigenvalue weighted by Crippen LogP contribution is 2.42. The standard InChI is InChI=1S/C11H16N2S2/c1-2-11(3-5-14-4-1)8-12-6-9-7-13-15-10(9)11/h7,12H,1-6,8H2. The number of nitrogens with one attached hydrogen (secondary N) is 1. The molecule has 4 heteroatoms. The molecule has 0 aliphatic carbocycles. The van der Waals surface area contributed by atoms with Crippen LogP contribution in [0.3, 0.4) is 0 Å². The Bertz CT molecular complexity index is 340. The van der Waals surface area contributed by atoms with Gasteiger partial charge in [-0.25, -0.2) is 4.37 Å². The van der Waals surface area contributed by atoms with Crippen LogP contribution in [-0.2, 0) is 12.0 Å². The lowest BCUT2D eigenvalue weighted by molar-refractivity contribution is 0.343. The van der Waals surface area contributed by atoms with E-state index in [0.717, 1.165) is 6.54 Å². The molecule has 2 nitrogen and oxygen atoms in total. The Hall–Kier alpha value is -0.0600. The van der Waals surface area contributed by atoms with E-state index in [0.29, 0.717) is 5.41 Å². The molecule has 1 aromatic heterocycles. The minimum atomic E-state index is 0.429. The maximum Gasteiger partial charge on any atom is 0.0455 e. The molecule has 82 valence electrons. The fourth-order valence-corrected chi connectivity index (χ4v) is 4.84. The molecule has 0 aromatic carbocycles. The van der Waals surface area contributed by atoms with Crippen molar-refractivity contribution in [3.8, 4) is 0 Å². The molecule has 3 rings (SSSR count). The number of fused-ring (bicyclic) bond motifs is 2. The largest absolute Gasteiger partial charge is 0.312 e. The van der Waals surface area contributed by atoms with Gasteiger partial charge in [0.25, 0.3) is 0 Å². The first-order chi connectivity index (χ1) is 7.41. The zero-order valence-electron chi connectivity index (χ0n) is 8.79. The van der Waals surface area contributed by atoms with Crippen molar-refractivity contribution >= 4 is 23.3 Å². The maximum atomic E-state index is 4.38. The van der Waals surface area contributed by atoms with Gasteiger partial charge in [0.15, 0.2) is 0 Å². The van der Waals surface area contributed by atoms with Gasteiger partial charge in [-0.1, -0.05) is 0 Å². The zero-order chi connectivity index (χ0) is 10.1. The van der Waals surface area contributed by atoms with Crippen LogP contribution in [0, 0.1) is 0 Å². The third-order valence-electron chi connectivity index (χ3n) is 3.57. The molecule has 1 fully saturated rings. The van der Waals surface area contributed by atoms with Crippen LogP contribution in [-0.4, -0.2) is 22.4 Å². The molecule has 2 aliphatic rings. The van der Waals surface area contributed by atoms with Gasteiger partial charge < -0.3 is 5.32 Å². The van der Waals surface area contributed by atoms with Crippen molar-refractivity contribution in [2.45, 2.75) is 31.2 Å². The fourth-order valence-electron chi connectivity index (χ4n) is 2.75. The number of aromatic nitrogens is 1. The third kappa shape index (κ3) is 1.73. The molecule has 0 amide bonds. The zero-order valence-corrected chi connectivity index (χ0v) is 10.4. The Morgan fingerprint density at radius 2 is 2.33 bits per heavy atom. The highest BCUT2D eigenvalue weighted by Gasteiger charge is 2.38. The lowest BCUT2D eigenvalue weighted by Gasteiger charge is -2.36. The van der Waals surface area contributed by atoms with Crippen molar-refractivity contribution in [1.29, 1.82) is 0 Å². The number of hydrogen-bond donors (Lipinski definition) is 1. The van der Waals surface area contributed by atoms with Gasteiger partial charge in [-0.2, -0.15) is 11.8 Å². The van der Waals surface area contributed by atoms with Crippen LogP contribution in [0.1, 0.15) is 29.7 Å². The fraction of sp³-hybridized carbons (Fsp3) is 0.727. The normalized spacial score (nSPS) is 31.2. The van der Waals surface area contributed by atoms with Gasteiger partial charge in [-0.05, 0) is 42.3 Å². The number of thioether (sulfide) groups is 1. The average molecular weight is 240 g/mol. The van der Waals surface area contributed by atoms with Crippen LogP contribution < -0.4 is 5.32 Å². The molecule has 1 N–H and O–H groups in total. The van der Waals surface area contributed by atoms with Gasteiger partial charge in [0.1, 0.15) is 0 Å². The van der Waals surface area contributed by atoms with Gasteiger partial charge in [0, 0.05) is 35.1 Å². The Balaban J connectivity index is 1.98. The van der Waals surface area contributed by atoms with Crippen molar-refractivity contribution in [3.63, 3.8) is 0 Å². The van der Waals surface area contributed by atoms with E-state index in [1.165, 1.54) is 42.9 Å². The molecule has 0 saturated carbocycles. The van der Waals surface area contributed by atoms with Crippen LogP contribution in [0.4, 0.5) is 0 Å². The van der Waals surface area contributed by atoms with Crippen LogP contribution in [0.2, 0.25) is 0 Å². The lowest BCUT2D eigenvalue weighted by Crippen LogP contribution is -2.42. The van der Waals surface area contributed by atoms with Gasteiger partial charge in [0.05, 0.1) is 0 Å². The van der Waals surface area contributed by atoms with E-state index in [2.05, 4.69) is 27.6 Å². The van der Waals surface area contributed by atoms with Crippen LogP contribution in [0.15, 0.2) is 6.20 Å².